The number of ether oxygens (including phenoxy) is 1. The van der Waals surface area contributed by atoms with E-state index in [0.717, 1.165) is 25.7 Å². The third kappa shape index (κ3) is 8.46. The molecule has 11 nitrogen and oxygen atoms in total. The Bertz CT molecular complexity index is 833. The number of carbonyl (C=O) groups is 2. The lowest BCUT2D eigenvalue weighted by molar-refractivity contribution is 0.117. The van der Waals surface area contributed by atoms with Crippen molar-refractivity contribution in [1.29, 1.82) is 0 Å². The summed E-state index contributed by atoms with van der Waals surface area (Å²) >= 11 is 0. The third-order valence-electron chi connectivity index (χ3n) is 5.94. The van der Waals surface area contributed by atoms with Gasteiger partial charge in [-0.3, -0.25) is 9.13 Å². The normalized spacial score (nSPS) is 17.9. The summed E-state index contributed by atoms with van der Waals surface area (Å²) < 4.78 is 29.0. The van der Waals surface area contributed by atoms with Crippen LogP contribution in [0.3, 0.4) is 0 Å². The predicted molar refractivity (Wildman–Crippen MR) is 127 cm³/mol. The Morgan fingerprint density at radius 2 is 1.85 bits per heavy atom. The van der Waals surface area contributed by atoms with E-state index in [4.69, 9.17) is 13.8 Å². The van der Waals surface area contributed by atoms with Gasteiger partial charge in [-0.15, -0.1) is 0 Å². The fraction of sp³-hybridized carbons (Fsp3) is 0.773. The zero-order valence-electron chi connectivity index (χ0n) is 20.7. The van der Waals surface area contributed by atoms with Crippen LogP contribution in [-0.4, -0.2) is 65.0 Å². The molecule has 194 valence electrons. The van der Waals surface area contributed by atoms with Gasteiger partial charge < -0.3 is 24.2 Å². The van der Waals surface area contributed by atoms with Crippen LogP contribution < -0.4 is 10.6 Å². The number of carbonyl (C=O) groups excluding carboxylic acids is 2. The van der Waals surface area contributed by atoms with Crippen LogP contribution in [0.15, 0.2) is 12.5 Å². The molecular formula is C22H39N4O7P. The first kappa shape index (κ1) is 28.5. The highest BCUT2D eigenvalue weighted by Crippen LogP contribution is 2.52. The molecule has 12 heteroatoms. The predicted octanol–water partition coefficient (Wildman–Crippen LogP) is 3.65. The summed E-state index contributed by atoms with van der Waals surface area (Å²) in [6.07, 6.45) is 8.42. The monoisotopic (exact) mass is 502 g/mol. The average Bonchev–Trinajstić information content (AvgIpc) is 3.26. The topological polar surface area (TPSA) is 141 Å². The van der Waals surface area contributed by atoms with Crippen LogP contribution in [0.4, 0.5) is 9.59 Å². The Hall–Kier alpha value is -1.78. The van der Waals surface area contributed by atoms with Crippen molar-refractivity contribution in [3.05, 3.63) is 18.2 Å². The number of imide groups is 1. The number of hydrogen-bond donors (Lipinski definition) is 3. The summed E-state index contributed by atoms with van der Waals surface area (Å²) in [5.41, 5.74) is 0.611. The number of imidazole rings is 1. The van der Waals surface area contributed by atoms with Crippen LogP contribution in [0.2, 0.25) is 0 Å². The molecule has 0 aliphatic heterocycles. The smallest absolute Gasteiger partial charge is 0.415 e. The van der Waals surface area contributed by atoms with Gasteiger partial charge in [0.2, 0.25) is 0 Å². The van der Waals surface area contributed by atoms with Gasteiger partial charge in [0.25, 0.3) is 0 Å². The summed E-state index contributed by atoms with van der Waals surface area (Å²) in [6, 6.07) is -1.33. The van der Waals surface area contributed by atoms with Crippen molar-refractivity contribution < 1.29 is 33.0 Å². The molecule has 2 amide bonds. The maximum absolute atomic E-state index is 12.9. The van der Waals surface area contributed by atoms with E-state index in [1.165, 1.54) is 37.7 Å². The van der Waals surface area contributed by atoms with E-state index in [2.05, 4.69) is 15.6 Å². The van der Waals surface area contributed by atoms with Crippen LogP contribution in [0.1, 0.15) is 65.0 Å². The Balaban J connectivity index is 2.03. The lowest BCUT2D eigenvalue weighted by Gasteiger charge is -2.34. The summed E-state index contributed by atoms with van der Waals surface area (Å²) in [5, 5.41) is 16.4. The molecule has 1 heterocycles. The quantitative estimate of drug-likeness (QED) is 0.387. The maximum Gasteiger partial charge on any atom is 0.415 e. The molecule has 2 rings (SSSR count). The fourth-order valence-electron chi connectivity index (χ4n) is 4.28. The molecule has 1 aromatic rings. The number of amides is 2. The molecule has 0 saturated heterocycles. The van der Waals surface area contributed by atoms with Gasteiger partial charge in [-0.1, -0.05) is 32.1 Å². The first-order chi connectivity index (χ1) is 16.1. The second-order valence-corrected chi connectivity index (χ2v) is 11.4. The van der Waals surface area contributed by atoms with Gasteiger partial charge >= 0.3 is 19.7 Å². The molecule has 0 bridgehead atoms. The lowest BCUT2D eigenvalue weighted by Crippen LogP contribution is -2.46. The highest BCUT2D eigenvalue weighted by molar-refractivity contribution is 7.54. The zero-order valence-corrected chi connectivity index (χ0v) is 21.6. The summed E-state index contributed by atoms with van der Waals surface area (Å²) in [4.78, 5) is 28.1. The minimum absolute atomic E-state index is 0.164. The van der Waals surface area contributed by atoms with Gasteiger partial charge in [0.1, 0.15) is 6.33 Å². The molecule has 34 heavy (non-hydrogen) atoms. The number of nitrogens with one attached hydrogen (secondary N) is 2. The number of aliphatic hydroxyl groups is 1. The van der Waals surface area contributed by atoms with Crippen LogP contribution >= 0.6 is 7.60 Å². The molecule has 3 atom stereocenters. The van der Waals surface area contributed by atoms with Crippen LogP contribution in [0.5, 0.6) is 0 Å². The number of hydrogen-bond acceptors (Lipinski definition) is 9. The number of alkyl carbamates (subject to hydrolysis) is 1. The summed E-state index contributed by atoms with van der Waals surface area (Å²) in [5.74, 6) is -0.897. The van der Waals surface area contributed by atoms with Crippen LogP contribution in [0.25, 0.3) is 0 Å². The summed E-state index contributed by atoms with van der Waals surface area (Å²) in [7, 11) is -1.16. The van der Waals surface area contributed by atoms with Crippen molar-refractivity contribution >= 4 is 19.7 Å². The van der Waals surface area contributed by atoms with E-state index in [0.29, 0.717) is 24.5 Å². The van der Waals surface area contributed by atoms with Gasteiger partial charge in [-0.2, -0.15) is 0 Å². The second kappa shape index (κ2) is 13.3. The maximum atomic E-state index is 12.9. The number of rotatable bonds is 11. The molecule has 0 aromatic carbocycles. The van der Waals surface area contributed by atoms with Crippen LogP contribution in [-0.2, 0) is 24.8 Å². The van der Waals surface area contributed by atoms with Gasteiger partial charge in [-0.05, 0) is 33.1 Å². The SMILES string of the molecule is COP(=O)(OC)C(O)[C@H](CC1CCCCC1)N[C@H](C)Cc1cn(C(=O)NC(=O)OC(C)C)cn1. The van der Waals surface area contributed by atoms with E-state index in [-0.39, 0.29) is 12.1 Å². The van der Waals surface area contributed by atoms with Gasteiger partial charge in [-0.25, -0.2) is 19.9 Å². The second-order valence-electron chi connectivity index (χ2n) is 9.09. The average molecular weight is 503 g/mol. The lowest BCUT2D eigenvalue weighted by atomic mass is 9.84. The highest BCUT2D eigenvalue weighted by Gasteiger charge is 2.40. The molecule has 1 aliphatic rings. The molecule has 1 aromatic heterocycles. The number of aliphatic hydroxyl groups excluding tert-OH is 1. The Morgan fingerprint density at radius 1 is 1.21 bits per heavy atom. The Kier molecular flexibility index (Phi) is 11.2. The van der Waals surface area contributed by atoms with Crippen molar-refractivity contribution in [3.63, 3.8) is 0 Å². The molecule has 1 fully saturated rings. The molecule has 0 radical (unpaired) electrons. The molecule has 1 saturated carbocycles. The van der Waals surface area contributed by atoms with Crippen molar-refractivity contribution in [1.82, 2.24) is 20.2 Å². The molecule has 1 aliphatic carbocycles. The van der Waals surface area contributed by atoms with Crippen molar-refractivity contribution in [2.24, 2.45) is 5.92 Å². The molecule has 0 spiro atoms. The Morgan fingerprint density at radius 3 is 2.44 bits per heavy atom. The van der Waals surface area contributed by atoms with Gasteiger partial charge in [0.05, 0.1) is 11.8 Å². The minimum Gasteiger partial charge on any atom is -0.446 e. The van der Waals surface area contributed by atoms with E-state index < -0.39 is 31.6 Å². The van der Waals surface area contributed by atoms with E-state index >= 15 is 0 Å². The van der Waals surface area contributed by atoms with E-state index in [1.807, 2.05) is 6.92 Å². The van der Waals surface area contributed by atoms with Gasteiger partial charge in [0.15, 0.2) is 5.85 Å². The first-order valence-electron chi connectivity index (χ1n) is 11.8. The van der Waals surface area contributed by atoms with Crippen molar-refractivity contribution in [3.8, 4) is 0 Å². The minimum atomic E-state index is -3.69. The van der Waals surface area contributed by atoms with Crippen LogP contribution in [0, 0.1) is 5.92 Å². The van der Waals surface area contributed by atoms with E-state index in [9.17, 15) is 19.3 Å². The highest BCUT2D eigenvalue weighted by atomic mass is 31.2. The third-order valence-corrected chi connectivity index (χ3v) is 7.97. The molecule has 1 unspecified atom stereocenters. The molecule has 3 N–H and O–H groups in total. The summed E-state index contributed by atoms with van der Waals surface area (Å²) in [6.45, 7) is 5.29. The van der Waals surface area contributed by atoms with Crippen molar-refractivity contribution in [2.45, 2.75) is 89.7 Å². The van der Waals surface area contributed by atoms with Gasteiger partial charge in [0, 0.05) is 38.9 Å². The zero-order chi connectivity index (χ0) is 25.3. The largest absolute Gasteiger partial charge is 0.446 e. The van der Waals surface area contributed by atoms with E-state index in [1.54, 1.807) is 13.8 Å². The fourth-order valence-corrected chi connectivity index (χ4v) is 5.51. The number of aromatic nitrogens is 2. The van der Waals surface area contributed by atoms with Crippen molar-refractivity contribution in [2.75, 3.05) is 14.2 Å². The number of nitrogens with zero attached hydrogens (tertiary/aromatic N) is 2. The molecular weight excluding hydrogens is 463 g/mol. The standard InChI is InChI=1S/C22H39N4O7P/c1-15(2)33-22(29)25-21(28)26-13-18(23-14-26)11-16(3)24-19(12-17-9-7-6-8-10-17)20(27)34(30,31-4)32-5/h13-17,19-20,24,27H,6-12H2,1-5H3,(H,25,28,29)/t16-,19+,20?/m1/s1. The first-order valence-corrected chi connectivity index (χ1v) is 13.4. The Labute approximate surface area is 201 Å².